The minimum Gasteiger partial charge on any atom is -0.343 e. The van der Waals surface area contributed by atoms with Crippen LogP contribution in [0.3, 0.4) is 0 Å². The summed E-state index contributed by atoms with van der Waals surface area (Å²) in [5.74, 6) is 0.164. The number of H-pyrrole nitrogens is 1. The van der Waals surface area contributed by atoms with Crippen molar-refractivity contribution >= 4 is 17.2 Å². The lowest BCUT2D eigenvalue weighted by Gasteiger charge is -2.31. The molecule has 0 bridgehead atoms. The number of aryl methyl sites for hydroxylation is 3. The van der Waals surface area contributed by atoms with Gasteiger partial charge in [-0.3, -0.25) is 19.1 Å². The number of amides is 1. The number of carbonyl (C=O) groups excluding carboxylic acids is 2. The van der Waals surface area contributed by atoms with Crippen molar-refractivity contribution in [2.45, 2.75) is 39.0 Å². The topological polar surface area (TPSA) is 105 Å². The van der Waals surface area contributed by atoms with Crippen LogP contribution in [0, 0.1) is 12.8 Å². The molecule has 30 heavy (non-hydrogen) atoms. The van der Waals surface area contributed by atoms with Gasteiger partial charge in [0.1, 0.15) is 5.52 Å². The number of carbonyl (C=O) groups is 2. The van der Waals surface area contributed by atoms with Crippen LogP contribution in [0.25, 0.3) is 5.52 Å². The first-order chi connectivity index (χ1) is 14.4. The lowest BCUT2D eigenvalue weighted by Crippen LogP contribution is -2.40. The molecule has 9 heteroatoms. The van der Waals surface area contributed by atoms with Crippen LogP contribution in [0.5, 0.6) is 0 Å². The van der Waals surface area contributed by atoms with Gasteiger partial charge in [0.2, 0.25) is 5.91 Å². The third-order valence-electron chi connectivity index (χ3n) is 5.69. The highest BCUT2D eigenvalue weighted by Gasteiger charge is 2.28. The Kier molecular flexibility index (Phi) is 5.52. The first-order valence-electron chi connectivity index (χ1n) is 10.3. The number of piperidine rings is 1. The zero-order valence-electron chi connectivity index (χ0n) is 17.3. The fourth-order valence-corrected chi connectivity index (χ4v) is 4.06. The highest BCUT2D eigenvalue weighted by molar-refractivity contribution is 5.97. The van der Waals surface area contributed by atoms with Crippen molar-refractivity contribution in [2.75, 3.05) is 13.1 Å². The molecule has 0 aliphatic carbocycles. The van der Waals surface area contributed by atoms with Crippen molar-refractivity contribution in [1.29, 1.82) is 0 Å². The van der Waals surface area contributed by atoms with E-state index in [2.05, 4.69) is 15.2 Å². The van der Waals surface area contributed by atoms with E-state index in [0.717, 1.165) is 11.4 Å². The number of hydrogen-bond acceptors (Lipinski definition) is 5. The van der Waals surface area contributed by atoms with E-state index in [1.165, 1.54) is 0 Å². The number of nitrogens with zero attached hydrogens (tertiary/aromatic N) is 5. The second kappa shape index (κ2) is 8.25. The fraction of sp³-hybridized carbons (Fsp3) is 0.476. The zero-order valence-corrected chi connectivity index (χ0v) is 17.3. The van der Waals surface area contributed by atoms with Crippen LogP contribution >= 0.6 is 0 Å². The summed E-state index contributed by atoms with van der Waals surface area (Å²) < 4.78 is 3.22. The number of aromatic amines is 1. The molecule has 0 radical (unpaired) electrons. The molecule has 0 saturated carbocycles. The van der Waals surface area contributed by atoms with E-state index in [9.17, 15) is 14.4 Å². The molecule has 1 aliphatic heterocycles. The van der Waals surface area contributed by atoms with Crippen molar-refractivity contribution in [1.82, 2.24) is 29.3 Å². The number of likely N-dealkylation sites (tertiary alicyclic amines) is 1. The Morgan fingerprint density at radius 2 is 2.00 bits per heavy atom. The maximum absolute atomic E-state index is 12.6. The Bertz CT molecular complexity index is 1130. The minimum atomic E-state index is -0.167. The molecule has 0 unspecified atom stereocenters. The number of rotatable bonds is 6. The highest BCUT2D eigenvalue weighted by Crippen LogP contribution is 2.22. The van der Waals surface area contributed by atoms with Gasteiger partial charge in [-0.25, -0.2) is 4.52 Å². The quantitative estimate of drug-likeness (QED) is 0.620. The molecule has 1 saturated heterocycles. The smallest absolute Gasteiger partial charge is 0.274 e. The molecule has 0 spiro atoms. The van der Waals surface area contributed by atoms with E-state index in [4.69, 9.17) is 0 Å². The van der Waals surface area contributed by atoms with Crippen molar-refractivity contribution in [3.63, 3.8) is 0 Å². The van der Waals surface area contributed by atoms with Gasteiger partial charge in [-0.15, -0.1) is 0 Å². The van der Waals surface area contributed by atoms with E-state index in [1.807, 2.05) is 18.0 Å². The standard InChI is InChI=1S/C21H26N6O3/c1-14-10-18-21(30)23-17(13-27(18)24-14)4-3-5-19(28)26-8-6-15(7-9-26)20(29)16-11-22-25(2)12-16/h10-13,15H,3-9H2,1-2H3,(H,23,30). The number of ketones is 1. The second-order valence-corrected chi connectivity index (χ2v) is 8.00. The average Bonchev–Trinajstić information content (AvgIpc) is 3.33. The number of aromatic nitrogens is 5. The molecule has 3 aromatic rings. The van der Waals surface area contributed by atoms with Crippen LogP contribution < -0.4 is 5.56 Å². The van der Waals surface area contributed by atoms with Crippen molar-refractivity contribution in [3.05, 3.63) is 52.0 Å². The van der Waals surface area contributed by atoms with Crippen molar-refractivity contribution < 1.29 is 9.59 Å². The van der Waals surface area contributed by atoms with Crippen LogP contribution in [0.2, 0.25) is 0 Å². The number of nitrogens with one attached hydrogen (secondary N) is 1. The van der Waals surface area contributed by atoms with Crippen LogP contribution in [0.15, 0.2) is 29.5 Å². The van der Waals surface area contributed by atoms with Gasteiger partial charge >= 0.3 is 0 Å². The van der Waals surface area contributed by atoms with Crippen LogP contribution in [-0.2, 0) is 18.3 Å². The van der Waals surface area contributed by atoms with Crippen molar-refractivity contribution in [2.24, 2.45) is 13.0 Å². The van der Waals surface area contributed by atoms with Gasteiger partial charge in [-0.1, -0.05) is 0 Å². The molecule has 1 fully saturated rings. The van der Waals surface area contributed by atoms with Gasteiger partial charge in [0, 0.05) is 50.6 Å². The summed E-state index contributed by atoms with van der Waals surface area (Å²) in [6.07, 6.45) is 8.19. The first-order valence-corrected chi connectivity index (χ1v) is 10.3. The molecular weight excluding hydrogens is 384 g/mol. The van der Waals surface area contributed by atoms with E-state index in [-0.39, 0.29) is 23.2 Å². The normalized spacial score (nSPS) is 15.1. The van der Waals surface area contributed by atoms with Crippen molar-refractivity contribution in [3.8, 4) is 0 Å². The summed E-state index contributed by atoms with van der Waals surface area (Å²) in [6, 6.07) is 1.74. The second-order valence-electron chi connectivity index (χ2n) is 8.00. The Labute approximate surface area is 173 Å². The zero-order chi connectivity index (χ0) is 21.3. The van der Waals surface area contributed by atoms with Crippen LogP contribution in [0.4, 0.5) is 0 Å². The molecule has 4 rings (SSSR count). The molecule has 4 heterocycles. The van der Waals surface area contributed by atoms with Gasteiger partial charge in [-0.2, -0.15) is 10.2 Å². The van der Waals surface area contributed by atoms with E-state index in [0.29, 0.717) is 56.3 Å². The van der Waals surface area contributed by atoms with E-state index < -0.39 is 0 Å². The van der Waals surface area contributed by atoms with Crippen LogP contribution in [0.1, 0.15) is 47.4 Å². The summed E-state index contributed by atoms with van der Waals surface area (Å²) in [4.78, 5) is 41.9. The monoisotopic (exact) mass is 410 g/mol. The Balaban J connectivity index is 1.26. The molecular formula is C21H26N6O3. The van der Waals surface area contributed by atoms with Gasteiger partial charge in [-0.05, 0) is 38.7 Å². The number of hydrogen-bond donors (Lipinski definition) is 1. The number of fused-ring (bicyclic) bond motifs is 1. The average molecular weight is 410 g/mol. The van der Waals surface area contributed by atoms with E-state index in [1.54, 1.807) is 34.7 Å². The molecule has 0 aromatic carbocycles. The van der Waals surface area contributed by atoms with Gasteiger partial charge in [0.25, 0.3) is 5.56 Å². The first kappa shape index (κ1) is 20.1. The summed E-state index contributed by atoms with van der Waals surface area (Å²) in [7, 11) is 1.79. The highest BCUT2D eigenvalue weighted by atomic mass is 16.2. The van der Waals surface area contributed by atoms with Gasteiger partial charge in [0.05, 0.1) is 17.5 Å². The summed E-state index contributed by atoms with van der Waals surface area (Å²) in [5, 5.41) is 8.35. The summed E-state index contributed by atoms with van der Waals surface area (Å²) in [5.41, 5.74) is 2.55. The van der Waals surface area contributed by atoms with Crippen LogP contribution in [-0.4, -0.2) is 54.1 Å². The maximum Gasteiger partial charge on any atom is 0.274 e. The Morgan fingerprint density at radius 1 is 1.23 bits per heavy atom. The molecule has 1 amide bonds. The molecule has 9 nitrogen and oxygen atoms in total. The molecule has 3 aromatic heterocycles. The predicted molar refractivity (Wildman–Crippen MR) is 110 cm³/mol. The lowest BCUT2D eigenvalue weighted by molar-refractivity contribution is -0.132. The predicted octanol–water partition coefficient (Wildman–Crippen LogP) is 1.51. The fourth-order valence-electron chi connectivity index (χ4n) is 4.06. The Morgan fingerprint density at radius 3 is 2.70 bits per heavy atom. The molecule has 158 valence electrons. The van der Waals surface area contributed by atoms with E-state index >= 15 is 0 Å². The summed E-state index contributed by atoms with van der Waals surface area (Å²) >= 11 is 0. The third-order valence-corrected chi connectivity index (χ3v) is 5.69. The molecule has 0 atom stereocenters. The molecule has 1 aliphatic rings. The maximum atomic E-state index is 12.6. The third kappa shape index (κ3) is 4.19. The van der Waals surface area contributed by atoms with Gasteiger partial charge < -0.3 is 9.88 Å². The minimum absolute atomic E-state index is 0.0485. The van der Waals surface area contributed by atoms with Gasteiger partial charge in [0.15, 0.2) is 5.78 Å². The lowest BCUT2D eigenvalue weighted by atomic mass is 9.90. The summed E-state index contributed by atoms with van der Waals surface area (Å²) in [6.45, 7) is 3.05. The Hall–Kier alpha value is -3.23. The number of Topliss-reactive ketones (excluding diaryl/α,β-unsaturated/α-hetero) is 1. The molecule has 1 N–H and O–H groups in total. The largest absolute Gasteiger partial charge is 0.343 e. The SMILES string of the molecule is Cc1cc2c(=O)[nH]c(CCCC(=O)N3CCC(C(=O)c4cnn(C)c4)CC3)cn2n1.